The number of ether oxygens (including phenoxy) is 4. The highest BCUT2D eigenvalue weighted by atomic mass is 32.2. The first-order chi connectivity index (χ1) is 22.3. The molecule has 0 bridgehead atoms. The number of nitrogens with one attached hydrogen (secondary N) is 4. The lowest BCUT2D eigenvalue weighted by Crippen LogP contribution is -2.47. The highest BCUT2D eigenvalue weighted by Gasteiger charge is 2.42. The van der Waals surface area contributed by atoms with E-state index in [1.165, 1.54) is 0 Å². The second-order valence-corrected chi connectivity index (χ2v) is 12.2. The summed E-state index contributed by atoms with van der Waals surface area (Å²) >= 11 is 1.86. The molecule has 0 aromatic carbocycles. The van der Waals surface area contributed by atoms with E-state index in [2.05, 4.69) is 21.3 Å². The van der Waals surface area contributed by atoms with Crippen molar-refractivity contribution in [1.29, 1.82) is 0 Å². The second-order valence-electron chi connectivity index (χ2n) is 10.9. The minimum Gasteiger partial charge on any atom is -0.378 e. The van der Waals surface area contributed by atoms with Gasteiger partial charge in [-0.05, 0) is 19.3 Å². The summed E-state index contributed by atoms with van der Waals surface area (Å²) in [5, 5.41) is 12.4. The molecule has 3 aliphatic rings. The van der Waals surface area contributed by atoms with Crippen molar-refractivity contribution in [1.82, 2.24) is 26.3 Å². The fourth-order valence-corrected chi connectivity index (χ4v) is 6.53. The zero-order valence-corrected chi connectivity index (χ0v) is 27.2. The number of unbranched alkanes of at least 4 members (excludes halogenated alkanes) is 1. The molecule has 0 saturated carbocycles. The molecule has 46 heavy (non-hydrogen) atoms. The molecule has 0 aromatic rings. The monoisotopic (exact) mass is 673 g/mol. The Morgan fingerprint density at radius 3 is 2.15 bits per heavy atom. The average molecular weight is 674 g/mol. The minimum atomic E-state index is -0.715. The van der Waals surface area contributed by atoms with Gasteiger partial charge in [0.1, 0.15) is 6.04 Å². The van der Waals surface area contributed by atoms with Crippen molar-refractivity contribution in [3.05, 3.63) is 0 Å². The van der Waals surface area contributed by atoms with Crippen LogP contribution in [0.25, 0.3) is 0 Å². The largest absolute Gasteiger partial charge is 0.378 e. The topological polar surface area (TPSA) is 200 Å². The van der Waals surface area contributed by atoms with Crippen LogP contribution in [0.2, 0.25) is 0 Å². The normalized spacial score (nSPS) is 21.1. The lowest BCUT2D eigenvalue weighted by Gasteiger charge is -2.18. The predicted octanol–water partition coefficient (Wildman–Crippen LogP) is -0.213. The third-order valence-electron chi connectivity index (χ3n) is 7.45. The number of thioether (sulfide) groups is 1. The number of nitrogens with zero attached hydrogens (tertiary/aromatic N) is 1. The van der Waals surface area contributed by atoms with Crippen LogP contribution < -0.4 is 21.3 Å². The highest BCUT2D eigenvalue weighted by Crippen LogP contribution is 2.33. The first-order valence-electron chi connectivity index (χ1n) is 15.9. The van der Waals surface area contributed by atoms with Crippen molar-refractivity contribution in [2.75, 3.05) is 65.2 Å². The number of carbonyl (C=O) groups excluding carboxylic acids is 6. The van der Waals surface area contributed by atoms with Crippen molar-refractivity contribution in [3.63, 3.8) is 0 Å². The fourth-order valence-electron chi connectivity index (χ4n) is 4.99. The van der Waals surface area contributed by atoms with Crippen molar-refractivity contribution in [3.8, 4) is 0 Å². The molecule has 0 spiro atoms. The Kier molecular flexibility index (Phi) is 17.1. The third-order valence-corrected chi connectivity index (χ3v) is 8.96. The molecule has 3 aliphatic heterocycles. The van der Waals surface area contributed by atoms with Gasteiger partial charge in [-0.3, -0.25) is 19.2 Å². The summed E-state index contributed by atoms with van der Waals surface area (Å²) in [6, 6.07) is -0.327. The van der Waals surface area contributed by atoms with Gasteiger partial charge in [0.2, 0.25) is 11.8 Å². The van der Waals surface area contributed by atoms with Crippen LogP contribution in [0, 0.1) is 0 Å². The first-order valence-corrected chi connectivity index (χ1v) is 17.0. The van der Waals surface area contributed by atoms with Gasteiger partial charge in [-0.15, -0.1) is 5.06 Å². The Morgan fingerprint density at radius 2 is 1.50 bits per heavy atom. The van der Waals surface area contributed by atoms with Crippen molar-refractivity contribution < 1.29 is 52.6 Å². The maximum Gasteiger partial charge on any atom is 0.335 e. The summed E-state index contributed by atoms with van der Waals surface area (Å²) < 4.78 is 21.5. The molecule has 3 heterocycles. The summed E-state index contributed by atoms with van der Waals surface area (Å²) in [6.07, 6.45) is 3.39. The molecule has 3 saturated heterocycles. The maximum absolute atomic E-state index is 12.5. The van der Waals surface area contributed by atoms with Crippen LogP contribution in [-0.4, -0.2) is 129 Å². The van der Waals surface area contributed by atoms with Gasteiger partial charge in [-0.25, -0.2) is 9.59 Å². The number of hydrogen-bond donors (Lipinski definition) is 4. The zero-order chi connectivity index (χ0) is 33.1. The molecule has 0 unspecified atom stereocenters. The Balaban J connectivity index is 1.06. The summed E-state index contributed by atoms with van der Waals surface area (Å²) in [4.78, 5) is 75.5. The molecule has 260 valence electrons. The van der Waals surface area contributed by atoms with Gasteiger partial charge in [0.05, 0.1) is 71.4 Å². The Bertz CT molecular complexity index is 1020. The smallest absolute Gasteiger partial charge is 0.335 e. The van der Waals surface area contributed by atoms with E-state index in [4.69, 9.17) is 23.8 Å². The van der Waals surface area contributed by atoms with E-state index in [0.29, 0.717) is 69.3 Å². The van der Waals surface area contributed by atoms with E-state index in [1.54, 1.807) is 0 Å². The van der Waals surface area contributed by atoms with Crippen molar-refractivity contribution in [2.24, 2.45) is 0 Å². The number of fused-ring (bicyclic) bond motifs is 1. The molecule has 6 amide bonds. The van der Waals surface area contributed by atoms with E-state index in [0.717, 1.165) is 25.0 Å². The quantitative estimate of drug-likeness (QED) is 0.0598. The van der Waals surface area contributed by atoms with Crippen LogP contribution in [0.5, 0.6) is 0 Å². The molecule has 0 aromatic heterocycles. The molecule has 3 fully saturated rings. The van der Waals surface area contributed by atoms with Gasteiger partial charge in [0, 0.05) is 36.8 Å². The van der Waals surface area contributed by atoms with E-state index >= 15 is 0 Å². The van der Waals surface area contributed by atoms with Gasteiger partial charge >= 0.3 is 12.0 Å². The molecule has 0 aliphatic carbocycles. The van der Waals surface area contributed by atoms with Crippen molar-refractivity contribution in [2.45, 2.75) is 81.7 Å². The van der Waals surface area contributed by atoms with Crippen LogP contribution in [-0.2, 0) is 47.8 Å². The number of hydroxylamine groups is 2. The number of carbonyl (C=O) groups is 6. The number of hydrogen-bond acceptors (Lipinski definition) is 12. The molecule has 4 atom stereocenters. The molecular formula is C29H47N5O11S. The van der Waals surface area contributed by atoms with E-state index < -0.39 is 23.8 Å². The SMILES string of the molecule is CC[C@H](NC(=O)CCCC[C@@H]1SC[C@H]2NC(=O)N[C@H]12)C(=O)NCCOCCOCCOCCOCCC(=O)ON1C(=O)CCC1=O. The van der Waals surface area contributed by atoms with Gasteiger partial charge in [-0.2, -0.15) is 11.8 Å². The van der Waals surface area contributed by atoms with Gasteiger partial charge in [0.25, 0.3) is 11.8 Å². The minimum absolute atomic E-state index is 0.0473. The second kappa shape index (κ2) is 21.0. The van der Waals surface area contributed by atoms with Gasteiger partial charge in [-0.1, -0.05) is 13.3 Å². The number of rotatable bonds is 24. The zero-order valence-electron chi connectivity index (χ0n) is 26.4. The molecular weight excluding hydrogens is 626 g/mol. The van der Waals surface area contributed by atoms with Crippen LogP contribution in [0.4, 0.5) is 4.79 Å². The summed E-state index contributed by atoms with van der Waals surface area (Å²) in [7, 11) is 0. The number of amides is 6. The van der Waals surface area contributed by atoms with Crippen LogP contribution >= 0.6 is 11.8 Å². The summed E-state index contributed by atoms with van der Waals surface area (Å²) in [6.45, 7) is 4.52. The molecule has 0 radical (unpaired) electrons. The maximum atomic E-state index is 12.5. The lowest BCUT2D eigenvalue weighted by molar-refractivity contribution is -0.198. The Hall–Kier alpha value is -2.99. The fraction of sp³-hybridized carbons (Fsp3) is 0.793. The molecule has 3 rings (SSSR count). The lowest BCUT2D eigenvalue weighted by atomic mass is 10.0. The Labute approximate surface area is 273 Å². The number of urea groups is 1. The summed E-state index contributed by atoms with van der Waals surface area (Å²) in [5.74, 6) is -1.24. The van der Waals surface area contributed by atoms with Crippen molar-refractivity contribution >= 4 is 47.4 Å². The predicted molar refractivity (Wildman–Crippen MR) is 164 cm³/mol. The van der Waals surface area contributed by atoms with E-state index in [1.807, 2.05) is 18.7 Å². The molecule has 17 heteroatoms. The van der Waals surface area contributed by atoms with Crippen LogP contribution in [0.1, 0.15) is 58.3 Å². The highest BCUT2D eigenvalue weighted by molar-refractivity contribution is 8.00. The number of imide groups is 1. The van der Waals surface area contributed by atoms with Gasteiger partial charge < -0.3 is 45.1 Å². The van der Waals surface area contributed by atoms with Gasteiger partial charge in [0.15, 0.2) is 0 Å². The van der Waals surface area contributed by atoms with E-state index in [9.17, 15) is 28.8 Å². The first kappa shape index (κ1) is 37.5. The third kappa shape index (κ3) is 13.4. The molecule has 4 N–H and O–H groups in total. The molecule has 16 nitrogen and oxygen atoms in total. The Morgan fingerprint density at radius 1 is 0.870 bits per heavy atom. The van der Waals surface area contributed by atoms with Crippen LogP contribution in [0.15, 0.2) is 0 Å². The van der Waals surface area contributed by atoms with Crippen LogP contribution in [0.3, 0.4) is 0 Å². The standard InChI is InChI=1S/C29H47N5O11S/c1-2-20(31-23(35)6-4-3-5-22-27-21(19-46-22)32-29(40)33-27)28(39)30-10-12-42-14-16-44-18-17-43-15-13-41-11-9-26(38)45-34-24(36)7-8-25(34)37/h20-22,27H,2-19H2,1H3,(H,30,39)(H,31,35)(H2,32,33,40)/t20-,21+,22-,27-/m0/s1. The van der Waals surface area contributed by atoms with E-state index in [-0.39, 0.29) is 62.4 Å². The average Bonchev–Trinajstić information content (AvgIpc) is 3.69. The summed E-state index contributed by atoms with van der Waals surface area (Å²) in [5.41, 5.74) is 0.